The van der Waals surface area contributed by atoms with Crippen LogP contribution in [0.5, 0.6) is 11.5 Å². The van der Waals surface area contributed by atoms with Gasteiger partial charge in [-0.25, -0.2) is 0 Å². The van der Waals surface area contributed by atoms with Crippen LogP contribution in [0.15, 0.2) is 23.2 Å². The van der Waals surface area contributed by atoms with Crippen LogP contribution in [0.2, 0.25) is 0 Å². The number of rotatable bonds is 9. The van der Waals surface area contributed by atoms with Gasteiger partial charge in [-0.2, -0.15) is 8.78 Å². The second-order valence-corrected chi connectivity index (χ2v) is 5.38. The lowest BCUT2D eigenvalue weighted by molar-refractivity contribution is -0.0505. The van der Waals surface area contributed by atoms with E-state index in [1.54, 1.807) is 19.2 Å². The summed E-state index contributed by atoms with van der Waals surface area (Å²) in [7, 11) is 1.66. The number of hydrogen-bond acceptors (Lipinski definition) is 3. The van der Waals surface area contributed by atoms with Crippen LogP contribution in [0.1, 0.15) is 39.2 Å². The topological polar surface area (TPSA) is 54.9 Å². The van der Waals surface area contributed by atoms with Gasteiger partial charge < -0.3 is 20.1 Å². The zero-order valence-corrected chi connectivity index (χ0v) is 17.5. The van der Waals surface area contributed by atoms with E-state index in [1.165, 1.54) is 6.07 Å². The van der Waals surface area contributed by atoms with Gasteiger partial charge in [0.05, 0.1) is 6.61 Å². The molecular formula is C17H28F2IN3O2. The van der Waals surface area contributed by atoms with Crippen molar-refractivity contribution in [3.8, 4) is 11.5 Å². The minimum atomic E-state index is -2.89. The number of benzene rings is 1. The summed E-state index contributed by atoms with van der Waals surface area (Å²) in [5.74, 6) is 1.22. The van der Waals surface area contributed by atoms with Crippen LogP contribution in [0.25, 0.3) is 0 Å². The number of nitrogens with one attached hydrogen (secondary N) is 2. The maximum atomic E-state index is 12.6. The summed E-state index contributed by atoms with van der Waals surface area (Å²) >= 11 is 0. The summed E-state index contributed by atoms with van der Waals surface area (Å²) in [5.41, 5.74) is 0.603. The molecule has 0 aliphatic carbocycles. The van der Waals surface area contributed by atoms with E-state index in [1.807, 2.05) is 13.8 Å². The summed E-state index contributed by atoms with van der Waals surface area (Å²) < 4.78 is 35.4. The van der Waals surface area contributed by atoms with E-state index >= 15 is 0 Å². The van der Waals surface area contributed by atoms with E-state index in [2.05, 4.69) is 27.3 Å². The van der Waals surface area contributed by atoms with Gasteiger partial charge in [0.2, 0.25) is 0 Å². The summed E-state index contributed by atoms with van der Waals surface area (Å²) in [5, 5.41) is 6.31. The monoisotopic (exact) mass is 471 g/mol. The molecule has 25 heavy (non-hydrogen) atoms. The molecule has 8 heteroatoms. The molecule has 0 fully saturated rings. The molecule has 1 atom stereocenters. The molecule has 0 saturated carbocycles. The van der Waals surface area contributed by atoms with Crippen LogP contribution in [0, 0.1) is 0 Å². The summed E-state index contributed by atoms with van der Waals surface area (Å²) in [6, 6.07) is 5.21. The van der Waals surface area contributed by atoms with Crippen molar-refractivity contribution in [3.05, 3.63) is 23.8 Å². The lowest BCUT2D eigenvalue weighted by Gasteiger charge is -2.18. The van der Waals surface area contributed by atoms with Crippen molar-refractivity contribution >= 4 is 29.9 Å². The van der Waals surface area contributed by atoms with Crippen molar-refractivity contribution in [2.75, 3.05) is 13.7 Å². The Morgan fingerprint density at radius 3 is 2.56 bits per heavy atom. The molecule has 1 aromatic carbocycles. The van der Waals surface area contributed by atoms with Gasteiger partial charge in [-0.1, -0.05) is 13.8 Å². The van der Waals surface area contributed by atoms with Gasteiger partial charge in [0.1, 0.15) is 11.5 Å². The van der Waals surface area contributed by atoms with Crippen molar-refractivity contribution < 1.29 is 18.3 Å². The van der Waals surface area contributed by atoms with Gasteiger partial charge in [-0.05, 0) is 31.9 Å². The second-order valence-electron chi connectivity index (χ2n) is 5.38. The van der Waals surface area contributed by atoms with Gasteiger partial charge in [-0.15, -0.1) is 24.0 Å². The van der Waals surface area contributed by atoms with E-state index in [0.717, 1.165) is 12.8 Å². The maximum absolute atomic E-state index is 12.6. The molecule has 0 aliphatic rings. The number of aliphatic imine (C=N–C) groups is 1. The van der Waals surface area contributed by atoms with Crippen LogP contribution >= 0.6 is 24.0 Å². The van der Waals surface area contributed by atoms with Crippen molar-refractivity contribution in [3.63, 3.8) is 0 Å². The molecule has 1 unspecified atom stereocenters. The highest BCUT2D eigenvalue weighted by molar-refractivity contribution is 14.0. The number of guanidine groups is 1. The molecule has 1 rings (SSSR count). The first-order valence-corrected chi connectivity index (χ1v) is 8.17. The predicted octanol–water partition coefficient (Wildman–Crippen LogP) is 4.16. The number of hydrogen-bond donors (Lipinski definition) is 2. The molecule has 0 aromatic heterocycles. The Bertz CT molecular complexity index is 531. The van der Waals surface area contributed by atoms with Crippen LogP contribution in [0.4, 0.5) is 8.78 Å². The maximum Gasteiger partial charge on any atom is 0.387 e. The number of nitrogens with zero attached hydrogens (tertiary/aromatic N) is 1. The largest absolute Gasteiger partial charge is 0.493 e. The minimum absolute atomic E-state index is 0. The molecular weight excluding hydrogens is 443 g/mol. The molecule has 1 aromatic rings. The fourth-order valence-corrected chi connectivity index (χ4v) is 1.91. The van der Waals surface area contributed by atoms with Crippen LogP contribution < -0.4 is 20.1 Å². The van der Waals surface area contributed by atoms with Crippen LogP contribution in [0.3, 0.4) is 0 Å². The molecule has 2 N–H and O–H groups in total. The third-order valence-electron chi connectivity index (χ3n) is 3.39. The third-order valence-corrected chi connectivity index (χ3v) is 3.39. The Labute approximate surface area is 165 Å². The average molecular weight is 471 g/mol. The zero-order chi connectivity index (χ0) is 17.9. The normalized spacial score (nSPS) is 12.4. The Kier molecular flexibility index (Phi) is 12.3. The highest BCUT2D eigenvalue weighted by Crippen LogP contribution is 2.26. The Hall–Kier alpha value is -1.32. The number of ether oxygens (including phenoxy) is 2. The van der Waals surface area contributed by atoms with Gasteiger partial charge in [0, 0.05) is 31.3 Å². The van der Waals surface area contributed by atoms with E-state index in [-0.39, 0.29) is 35.8 Å². The summed E-state index contributed by atoms with van der Waals surface area (Å²) in [4.78, 5) is 4.12. The van der Waals surface area contributed by atoms with Crippen molar-refractivity contribution in [1.82, 2.24) is 10.6 Å². The van der Waals surface area contributed by atoms with Gasteiger partial charge in [0.15, 0.2) is 5.96 Å². The SMILES string of the molecule is CCCOc1ccc(CNC(=NC)NC(C)CC)c(OC(F)F)c1.I. The zero-order valence-electron chi connectivity index (χ0n) is 15.1. The predicted molar refractivity (Wildman–Crippen MR) is 107 cm³/mol. The van der Waals surface area contributed by atoms with Crippen LogP contribution in [-0.2, 0) is 6.54 Å². The molecule has 144 valence electrons. The van der Waals surface area contributed by atoms with E-state index in [4.69, 9.17) is 4.74 Å². The van der Waals surface area contributed by atoms with Gasteiger partial charge >= 0.3 is 6.61 Å². The van der Waals surface area contributed by atoms with Gasteiger partial charge in [0.25, 0.3) is 0 Å². The number of alkyl halides is 2. The molecule has 0 aliphatic heterocycles. The second kappa shape index (κ2) is 13.0. The standard InChI is InChI=1S/C17H27F2N3O2.HI/c1-5-9-23-14-8-7-13(15(10-14)24-16(18)19)11-21-17(20-4)22-12(3)6-2;/h7-8,10,12,16H,5-6,9,11H2,1-4H3,(H2,20,21,22);1H. The van der Waals surface area contributed by atoms with E-state index < -0.39 is 6.61 Å². The lowest BCUT2D eigenvalue weighted by Crippen LogP contribution is -2.41. The number of halogens is 3. The first-order chi connectivity index (χ1) is 11.5. The summed E-state index contributed by atoms with van der Waals surface area (Å²) in [6.07, 6.45) is 1.79. The van der Waals surface area contributed by atoms with Crippen molar-refractivity contribution in [2.24, 2.45) is 4.99 Å². The van der Waals surface area contributed by atoms with Crippen molar-refractivity contribution in [1.29, 1.82) is 0 Å². The Morgan fingerprint density at radius 2 is 2.00 bits per heavy atom. The Morgan fingerprint density at radius 1 is 1.28 bits per heavy atom. The molecule has 0 radical (unpaired) electrons. The van der Waals surface area contributed by atoms with E-state index in [0.29, 0.717) is 30.4 Å². The lowest BCUT2D eigenvalue weighted by atomic mass is 10.2. The smallest absolute Gasteiger partial charge is 0.387 e. The van der Waals surface area contributed by atoms with Gasteiger partial charge in [-0.3, -0.25) is 4.99 Å². The summed E-state index contributed by atoms with van der Waals surface area (Å²) in [6.45, 7) is 4.03. The molecule has 0 amide bonds. The van der Waals surface area contributed by atoms with E-state index in [9.17, 15) is 8.78 Å². The molecule has 0 spiro atoms. The minimum Gasteiger partial charge on any atom is -0.493 e. The first kappa shape index (κ1) is 23.7. The molecule has 0 bridgehead atoms. The molecule has 0 heterocycles. The van der Waals surface area contributed by atoms with Crippen molar-refractivity contribution in [2.45, 2.75) is 52.8 Å². The Balaban J connectivity index is 0.00000576. The molecule has 0 saturated heterocycles. The molecule has 5 nitrogen and oxygen atoms in total. The average Bonchev–Trinajstić information content (AvgIpc) is 2.56. The quantitative estimate of drug-likeness (QED) is 0.323. The first-order valence-electron chi connectivity index (χ1n) is 8.17. The third kappa shape index (κ3) is 9.08. The highest BCUT2D eigenvalue weighted by Gasteiger charge is 2.12. The van der Waals surface area contributed by atoms with Crippen LogP contribution in [-0.4, -0.2) is 32.3 Å². The fraction of sp³-hybridized carbons (Fsp3) is 0.588. The highest BCUT2D eigenvalue weighted by atomic mass is 127. The fourth-order valence-electron chi connectivity index (χ4n) is 1.91.